The highest BCUT2D eigenvalue weighted by molar-refractivity contribution is 7.93. The molecule has 1 aromatic heterocycles. The molecule has 5 rings (SSSR count). The molecule has 5 nitrogen and oxygen atoms in total. The quantitative estimate of drug-likeness (QED) is 0.173. The summed E-state index contributed by atoms with van der Waals surface area (Å²) in [5.74, 6) is -2.11. The number of halogens is 4. The van der Waals surface area contributed by atoms with E-state index in [1.807, 2.05) is 30.4 Å². The largest absolute Gasteiger partial charge is 0.465 e. The molecule has 39 heavy (non-hydrogen) atoms. The van der Waals surface area contributed by atoms with Crippen molar-refractivity contribution < 1.29 is 35.5 Å². The highest BCUT2D eigenvalue weighted by Crippen LogP contribution is 2.46. The summed E-state index contributed by atoms with van der Waals surface area (Å²) in [5, 5.41) is 1.08. The van der Waals surface area contributed by atoms with Crippen LogP contribution in [0.1, 0.15) is 27.0 Å². The summed E-state index contributed by atoms with van der Waals surface area (Å²) in [4.78, 5) is 11.7. The molecule has 0 unspecified atom stereocenters. The van der Waals surface area contributed by atoms with Crippen molar-refractivity contribution in [2.24, 2.45) is 0 Å². The van der Waals surface area contributed by atoms with Gasteiger partial charge in [0.2, 0.25) is 0 Å². The number of hydrogen-bond acceptors (Lipinski definition) is 5. The van der Waals surface area contributed by atoms with Crippen molar-refractivity contribution in [2.75, 3.05) is 11.4 Å². The maximum Gasteiger partial charge on any atom is 0.419 e. The summed E-state index contributed by atoms with van der Waals surface area (Å²) in [6.07, 6.45) is 0.463. The fourth-order valence-corrected chi connectivity index (χ4v) is 7.07. The van der Waals surface area contributed by atoms with Crippen LogP contribution in [0.4, 0.5) is 22.6 Å². The standard InChI is InChI=1S/C28H19F4NO4S2/c1-37-27(34)19-10-12-20(13-11-19)39(35,36)33(16-17-9-14-23(29)22(15-17)28(30,31)32)26-25(18-5-4-6-18)21-7-2-3-8-24(21)38-26/h2-15H,16H2,1H3. The van der Waals surface area contributed by atoms with Crippen molar-refractivity contribution in [2.45, 2.75) is 17.6 Å². The fourth-order valence-electron chi connectivity index (χ4n) is 4.17. The van der Waals surface area contributed by atoms with Gasteiger partial charge in [0.05, 0.1) is 29.7 Å². The van der Waals surface area contributed by atoms with Crippen molar-refractivity contribution in [3.63, 3.8) is 0 Å². The average Bonchev–Trinajstić information content (AvgIpc) is 3.24. The van der Waals surface area contributed by atoms with Crippen LogP contribution < -0.4 is 4.31 Å². The number of benzene rings is 3. The summed E-state index contributed by atoms with van der Waals surface area (Å²) < 4.78 is 89.0. The minimum absolute atomic E-state index is 0.0555. The third kappa shape index (κ3) is 4.95. The minimum atomic E-state index is -4.96. The van der Waals surface area contributed by atoms with Crippen molar-refractivity contribution >= 4 is 48.0 Å². The monoisotopic (exact) mass is 573 g/mol. The van der Waals surface area contributed by atoms with Crippen molar-refractivity contribution in [1.82, 2.24) is 0 Å². The van der Waals surface area contributed by atoms with Crippen molar-refractivity contribution in [3.05, 3.63) is 113 Å². The summed E-state index contributed by atoms with van der Waals surface area (Å²) in [6.45, 7) is -0.499. The number of fused-ring (bicyclic) bond motifs is 1. The number of esters is 1. The van der Waals surface area contributed by atoms with Crippen LogP contribution in [0.2, 0.25) is 0 Å². The normalized spacial score (nSPS) is 13.2. The van der Waals surface area contributed by atoms with E-state index in [-0.39, 0.29) is 16.0 Å². The lowest BCUT2D eigenvalue weighted by atomic mass is 9.98. The SMILES string of the molecule is COC(=O)c1ccc(S(=O)(=O)N(Cc2ccc(F)c(C(F)(F)F)c2)c2sc3ccccc3c2C2=CC=C2)cc1. The number of sulfonamides is 1. The molecule has 0 spiro atoms. The first-order valence-electron chi connectivity index (χ1n) is 11.5. The number of hydrogen-bond donors (Lipinski definition) is 0. The third-order valence-corrected chi connectivity index (χ3v) is 9.24. The molecule has 0 aliphatic heterocycles. The molecule has 200 valence electrons. The van der Waals surface area contributed by atoms with Gasteiger partial charge in [-0.1, -0.05) is 42.5 Å². The molecule has 11 heteroatoms. The smallest absolute Gasteiger partial charge is 0.419 e. The molecule has 0 N–H and O–H groups in total. The number of ether oxygens (including phenoxy) is 1. The Labute approximate surface area is 225 Å². The molecule has 0 saturated heterocycles. The van der Waals surface area contributed by atoms with Gasteiger partial charge in [-0.25, -0.2) is 17.6 Å². The Morgan fingerprint density at radius 2 is 1.72 bits per heavy atom. The van der Waals surface area contributed by atoms with Crippen LogP contribution in [0.15, 0.2) is 89.9 Å². The number of thiophene rings is 1. The van der Waals surface area contributed by atoms with Crippen LogP contribution >= 0.6 is 11.3 Å². The molecule has 1 aliphatic rings. The number of carbonyl (C=O) groups excluding carboxylic acids is 1. The van der Waals surface area contributed by atoms with Gasteiger partial charge in [-0.15, -0.1) is 11.3 Å². The van der Waals surface area contributed by atoms with E-state index in [0.717, 1.165) is 26.0 Å². The molecule has 1 heterocycles. The van der Waals surface area contributed by atoms with Gasteiger partial charge in [0.25, 0.3) is 10.0 Å². The number of carbonyl (C=O) groups is 1. The van der Waals surface area contributed by atoms with Crippen LogP contribution in [0.25, 0.3) is 15.7 Å². The van der Waals surface area contributed by atoms with E-state index in [2.05, 4.69) is 4.74 Å². The van der Waals surface area contributed by atoms with E-state index in [9.17, 15) is 30.8 Å². The number of alkyl halides is 3. The van der Waals surface area contributed by atoms with Gasteiger partial charge < -0.3 is 4.74 Å². The molecule has 0 saturated carbocycles. The summed E-state index contributed by atoms with van der Waals surface area (Å²) in [7, 11) is -3.19. The molecule has 3 aromatic carbocycles. The van der Waals surface area contributed by atoms with E-state index < -0.39 is 40.1 Å². The second-order valence-electron chi connectivity index (χ2n) is 8.60. The number of nitrogens with zero attached hydrogens (tertiary/aromatic N) is 1. The van der Waals surface area contributed by atoms with Gasteiger partial charge in [0.15, 0.2) is 0 Å². The van der Waals surface area contributed by atoms with E-state index in [1.54, 1.807) is 12.1 Å². The number of rotatable bonds is 7. The highest BCUT2D eigenvalue weighted by atomic mass is 32.2. The zero-order chi connectivity index (χ0) is 27.9. The van der Waals surface area contributed by atoms with Gasteiger partial charge in [-0.05, 0) is 53.6 Å². The Morgan fingerprint density at radius 3 is 2.33 bits per heavy atom. The topological polar surface area (TPSA) is 63.7 Å². The Kier molecular flexibility index (Phi) is 6.81. The van der Waals surface area contributed by atoms with Crippen LogP contribution in [-0.2, 0) is 27.5 Å². The Hall–Kier alpha value is -3.96. The first kappa shape index (κ1) is 26.6. The summed E-state index contributed by atoms with van der Waals surface area (Å²) >= 11 is 1.18. The van der Waals surface area contributed by atoms with Crippen molar-refractivity contribution in [3.8, 4) is 0 Å². The Morgan fingerprint density at radius 1 is 1.03 bits per heavy atom. The lowest BCUT2D eigenvalue weighted by Crippen LogP contribution is -2.31. The molecule has 0 bridgehead atoms. The van der Waals surface area contributed by atoms with Gasteiger partial charge >= 0.3 is 12.1 Å². The predicted molar refractivity (Wildman–Crippen MR) is 141 cm³/mol. The Bertz CT molecular complexity index is 1750. The zero-order valence-corrected chi connectivity index (χ0v) is 21.8. The average molecular weight is 574 g/mol. The Balaban J connectivity index is 1.69. The van der Waals surface area contributed by atoms with Gasteiger partial charge in [0, 0.05) is 15.6 Å². The van der Waals surface area contributed by atoms with E-state index in [0.29, 0.717) is 22.7 Å². The van der Waals surface area contributed by atoms with Crippen LogP contribution in [-0.4, -0.2) is 21.5 Å². The van der Waals surface area contributed by atoms with Crippen LogP contribution in [0.3, 0.4) is 0 Å². The fraction of sp³-hybridized carbons (Fsp3) is 0.107. The minimum Gasteiger partial charge on any atom is -0.465 e. The summed E-state index contributed by atoms with van der Waals surface area (Å²) in [5.41, 5.74) is -0.0329. The summed E-state index contributed by atoms with van der Waals surface area (Å²) in [6, 6.07) is 14.8. The molecule has 4 aromatic rings. The molecular formula is C28H19F4NO4S2. The van der Waals surface area contributed by atoms with Crippen LogP contribution in [0, 0.1) is 5.82 Å². The predicted octanol–water partition coefficient (Wildman–Crippen LogP) is 7.19. The molecule has 0 amide bonds. The number of anilines is 1. The number of methoxy groups -OCH3 is 1. The maximum absolute atomic E-state index is 14.1. The van der Waals surface area contributed by atoms with Gasteiger partial charge in [-0.2, -0.15) is 13.2 Å². The van der Waals surface area contributed by atoms with Gasteiger partial charge in [0.1, 0.15) is 10.8 Å². The van der Waals surface area contributed by atoms with Crippen molar-refractivity contribution in [1.29, 1.82) is 0 Å². The van der Waals surface area contributed by atoms with Crippen LogP contribution in [0.5, 0.6) is 0 Å². The highest BCUT2D eigenvalue weighted by Gasteiger charge is 2.36. The van der Waals surface area contributed by atoms with E-state index >= 15 is 0 Å². The first-order chi connectivity index (χ1) is 18.5. The van der Waals surface area contributed by atoms with E-state index in [1.165, 1.54) is 42.7 Å². The second kappa shape index (κ2) is 9.97. The lowest BCUT2D eigenvalue weighted by Gasteiger charge is -2.26. The molecule has 0 atom stereocenters. The lowest BCUT2D eigenvalue weighted by molar-refractivity contribution is -0.140. The first-order valence-corrected chi connectivity index (χ1v) is 13.7. The van der Waals surface area contributed by atoms with Gasteiger partial charge in [-0.3, -0.25) is 4.31 Å². The zero-order valence-electron chi connectivity index (χ0n) is 20.2. The second-order valence-corrected chi connectivity index (χ2v) is 11.5. The molecule has 0 fully saturated rings. The molecule has 1 aliphatic carbocycles. The number of allylic oxidation sites excluding steroid dienone is 4. The van der Waals surface area contributed by atoms with E-state index in [4.69, 9.17) is 0 Å². The third-order valence-electron chi connectivity index (χ3n) is 6.17. The molecule has 0 radical (unpaired) electrons. The molecular weight excluding hydrogens is 554 g/mol. The maximum atomic E-state index is 14.1.